The second kappa shape index (κ2) is 6.14. The van der Waals surface area contributed by atoms with Crippen molar-refractivity contribution in [2.45, 2.75) is 32.2 Å². The third kappa shape index (κ3) is 2.81. The van der Waals surface area contributed by atoms with Crippen molar-refractivity contribution < 1.29 is 4.79 Å². The molecule has 2 aromatic heterocycles. The van der Waals surface area contributed by atoms with E-state index >= 15 is 0 Å². The largest absolute Gasteiger partial charge is 0.340 e. The Morgan fingerprint density at radius 2 is 2.04 bits per heavy atom. The zero-order valence-corrected chi connectivity index (χ0v) is 13.7. The Morgan fingerprint density at radius 3 is 2.83 bits per heavy atom. The number of anilines is 1. The van der Waals surface area contributed by atoms with E-state index in [-0.39, 0.29) is 5.91 Å². The van der Waals surface area contributed by atoms with Gasteiger partial charge in [-0.1, -0.05) is 0 Å². The highest BCUT2D eigenvalue weighted by Crippen LogP contribution is 2.28. The molecule has 0 radical (unpaired) electrons. The van der Waals surface area contributed by atoms with Gasteiger partial charge in [0.25, 0.3) is 0 Å². The highest BCUT2D eigenvalue weighted by atomic mass is 16.2. The van der Waals surface area contributed by atoms with Gasteiger partial charge < -0.3 is 9.80 Å². The molecule has 1 amide bonds. The van der Waals surface area contributed by atoms with Gasteiger partial charge in [0.15, 0.2) is 0 Å². The van der Waals surface area contributed by atoms with Crippen LogP contribution in [0.15, 0.2) is 24.7 Å². The van der Waals surface area contributed by atoms with Gasteiger partial charge >= 0.3 is 0 Å². The molecule has 0 aromatic carbocycles. The summed E-state index contributed by atoms with van der Waals surface area (Å²) in [5.74, 6) is 2.10. The average Bonchev–Trinajstić information content (AvgIpc) is 3.11. The van der Waals surface area contributed by atoms with Crippen molar-refractivity contribution in [3.63, 3.8) is 0 Å². The molecular formula is C17H20N6O. The number of amides is 1. The maximum atomic E-state index is 11.5. The molecule has 2 aromatic rings. The third-order valence-corrected chi connectivity index (χ3v) is 4.79. The van der Waals surface area contributed by atoms with Gasteiger partial charge in [-0.25, -0.2) is 19.9 Å². The minimum atomic E-state index is 0.110. The molecule has 124 valence electrons. The number of nitrogens with zero attached hydrogens (tertiary/aromatic N) is 6. The van der Waals surface area contributed by atoms with E-state index in [1.165, 1.54) is 0 Å². The van der Waals surface area contributed by atoms with Crippen LogP contribution in [-0.2, 0) is 17.8 Å². The smallest absolute Gasteiger partial charge is 0.225 e. The Bertz CT molecular complexity index is 750. The zero-order valence-electron chi connectivity index (χ0n) is 13.7. The molecule has 4 heterocycles. The Labute approximate surface area is 140 Å². The topological polar surface area (TPSA) is 75.1 Å². The fourth-order valence-electron chi connectivity index (χ4n) is 3.40. The first-order chi connectivity index (χ1) is 11.7. The Hall–Kier alpha value is -2.57. The lowest BCUT2D eigenvalue weighted by atomic mass is 10.0. The number of rotatable bonds is 2. The lowest BCUT2D eigenvalue weighted by Crippen LogP contribution is -2.35. The number of hydrogen-bond acceptors (Lipinski definition) is 6. The lowest BCUT2D eigenvalue weighted by Gasteiger charge is -2.27. The molecule has 0 saturated carbocycles. The van der Waals surface area contributed by atoms with Gasteiger partial charge in [0.2, 0.25) is 11.9 Å². The minimum absolute atomic E-state index is 0.110. The molecule has 0 unspecified atom stereocenters. The van der Waals surface area contributed by atoms with Crippen LogP contribution in [0, 0.1) is 0 Å². The van der Waals surface area contributed by atoms with E-state index in [1.807, 2.05) is 17.2 Å². The van der Waals surface area contributed by atoms with Crippen molar-refractivity contribution in [2.24, 2.45) is 0 Å². The van der Waals surface area contributed by atoms with E-state index in [2.05, 4.69) is 19.9 Å². The molecule has 1 atom stereocenters. The van der Waals surface area contributed by atoms with Crippen LogP contribution in [-0.4, -0.2) is 50.4 Å². The van der Waals surface area contributed by atoms with Gasteiger partial charge in [-0.3, -0.25) is 4.79 Å². The van der Waals surface area contributed by atoms with Crippen LogP contribution in [0.4, 0.5) is 5.95 Å². The zero-order chi connectivity index (χ0) is 16.5. The SMILES string of the molecule is CC(=O)N1CCc2nc([C@H]3CCN(c4ncccn4)C3)ncc2C1. The monoisotopic (exact) mass is 324 g/mol. The summed E-state index contributed by atoms with van der Waals surface area (Å²) in [5.41, 5.74) is 2.16. The summed E-state index contributed by atoms with van der Waals surface area (Å²) in [4.78, 5) is 33.6. The normalized spacial score (nSPS) is 20.1. The molecule has 1 fully saturated rings. The van der Waals surface area contributed by atoms with Crippen LogP contribution in [0.2, 0.25) is 0 Å². The molecule has 7 heteroatoms. The van der Waals surface area contributed by atoms with Crippen molar-refractivity contribution in [1.82, 2.24) is 24.8 Å². The maximum absolute atomic E-state index is 11.5. The van der Waals surface area contributed by atoms with Crippen LogP contribution in [0.25, 0.3) is 0 Å². The van der Waals surface area contributed by atoms with Gasteiger partial charge in [-0.2, -0.15) is 0 Å². The van der Waals surface area contributed by atoms with Crippen LogP contribution in [0.1, 0.15) is 36.3 Å². The number of carbonyl (C=O) groups is 1. The average molecular weight is 324 g/mol. The van der Waals surface area contributed by atoms with E-state index in [0.29, 0.717) is 12.5 Å². The first-order valence-electron chi connectivity index (χ1n) is 8.33. The highest BCUT2D eigenvalue weighted by Gasteiger charge is 2.29. The molecular weight excluding hydrogens is 304 g/mol. The highest BCUT2D eigenvalue weighted by molar-refractivity contribution is 5.73. The van der Waals surface area contributed by atoms with E-state index < -0.39 is 0 Å². The van der Waals surface area contributed by atoms with Crippen LogP contribution in [0.3, 0.4) is 0 Å². The molecule has 1 saturated heterocycles. The minimum Gasteiger partial charge on any atom is -0.340 e. The lowest BCUT2D eigenvalue weighted by molar-refractivity contribution is -0.129. The summed E-state index contributed by atoms with van der Waals surface area (Å²) in [6.45, 7) is 4.75. The predicted molar refractivity (Wildman–Crippen MR) is 88.4 cm³/mol. The standard InChI is InChI=1S/C17H20N6O/c1-12(24)22-8-4-15-14(11-22)9-20-16(21-15)13-3-7-23(10-13)17-18-5-2-6-19-17/h2,5-6,9,13H,3-4,7-8,10-11H2,1H3/t13-/m0/s1. The second-order valence-corrected chi connectivity index (χ2v) is 6.37. The molecule has 2 aliphatic rings. The maximum Gasteiger partial charge on any atom is 0.225 e. The molecule has 0 N–H and O–H groups in total. The first-order valence-corrected chi connectivity index (χ1v) is 8.33. The molecule has 0 aliphatic carbocycles. The molecule has 2 aliphatic heterocycles. The molecule has 24 heavy (non-hydrogen) atoms. The summed E-state index contributed by atoms with van der Waals surface area (Å²) in [5, 5.41) is 0. The molecule has 7 nitrogen and oxygen atoms in total. The van der Waals surface area contributed by atoms with Gasteiger partial charge in [0.1, 0.15) is 5.82 Å². The summed E-state index contributed by atoms with van der Waals surface area (Å²) < 4.78 is 0. The molecule has 0 bridgehead atoms. The number of hydrogen-bond donors (Lipinski definition) is 0. The second-order valence-electron chi connectivity index (χ2n) is 6.37. The Balaban J connectivity index is 1.49. The van der Waals surface area contributed by atoms with Gasteiger partial charge in [-0.15, -0.1) is 0 Å². The summed E-state index contributed by atoms with van der Waals surface area (Å²) >= 11 is 0. The fourth-order valence-corrected chi connectivity index (χ4v) is 3.40. The molecule has 4 rings (SSSR count). The van der Waals surface area contributed by atoms with Gasteiger partial charge in [0, 0.05) is 69.6 Å². The van der Waals surface area contributed by atoms with Crippen molar-refractivity contribution in [3.05, 3.63) is 41.7 Å². The van der Waals surface area contributed by atoms with Crippen molar-refractivity contribution >= 4 is 11.9 Å². The number of aromatic nitrogens is 4. The molecule has 0 spiro atoms. The number of fused-ring (bicyclic) bond motifs is 1. The van der Waals surface area contributed by atoms with E-state index in [9.17, 15) is 4.79 Å². The summed E-state index contributed by atoms with van der Waals surface area (Å²) in [7, 11) is 0. The van der Waals surface area contributed by atoms with Crippen LogP contribution >= 0.6 is 0 Å². The van der Waals surface area contributed by atoms with Crippen molar-refractivity contribution in [3.8, 4) is 0 Å². The van der Waals surface area contributed by atoms with Crippen molar-refractivity contribution in [1.29, 1.82) is 0 Å². The quantitative estimate of drug-likeness (QED) is 0.825. The Kier molecular flexibility index (Phi) is 3.84. The van der Waals surface area contributed by atoms with Gasteiger partial charge in [0.05, 0.1) is 5.69 Å². The Morgan fingerprint density at radius 1 is 1.21 bits per heavy atom. The van der Waals surface area contributed by atoms with Crippen LogP contribution < -0.4 is 4.90 Å². The fraction of sp³-hybridized carbons (Fsp3) is 0.471. The summed E-state index contributed by atoms with van der Waals surface area (Å²) in [6.07, 6.45) is 7.26. The van der Waals surface area contributed by atoms with E-state index in [0.717, 1.165) is 55.5 Å². The van der Waals surface area contributed by atoms with E-state index in [1.54, 1.807) is 19.3 Å². The predicted octanol–water partition coefficient (Wildman–Crippen LogP) is 1.17. The van der Waals surface area contributed by atoms with Crippen LogP contribution in [0.5, 0.6) is 0 Å². The summed E-state index contributed by atoms with van der Waals surface area (Å²) in [6, 6.07) is 1.83. The third-order valence-electron chi connectivity index (χ3n) is 4.79. The first kappa shape index (κ1) is 15.0. The van der Waals surface area contributed by atoms with E-state index in [4.69, 9.17) is 4.98 Å². The van der Waals surface area contributed by atoms with Gasteiger partial charge in [-0.05, 0) is 12.5 Å². The van der Waals surface area contributed by atoms with Crippen molar-refractivity contribution in [2.75, 3.05) is 24.5 Å². The number of carbonyl (C=O) groups excluding carboxylic acids is 1.